The number of benzene rings is 1. The third kappa shape index (κ3) is 2.02. The summed E-state index contributed by atoms with van der Waals surface area (Å²) in [5.41, 5.74) is 2.18. The van der Waals surface area contributed by atoms with Crippen LogP contribution in [0.25, 0.3) is 11.0 Å². The SMILES string of the molecule is C=CC(NCC)c1cc2cc(C)ccc2o1. The Morgan fingerprint density at radius 2 is 2.25 bits per heavy atom. The fourth-order valence-corrected chi connectivity index (χ4v) is 1.86. The zero-order chi connectivity index (χ0) is 11.5. The highest BCUT2D eigenvalue weighted by molar-refractivity contribution is 5.78. The molecule has 0 saturated heterocycles. The van der Waals surface area contributed by atoms with Gasteiger partial charge in [-0.3, -0.25) is 0 Å². The van der Waals surface area contributed by atoms with E-state index in [-0.39, 0.29) is 6.04 Å². The Balaban J connectivity index is 2.41. The van der Waals surface area contributed by atoms with Crippen molar-refractivity contribution in [2.45, 2.75) is 19.9 Å². The molecule has 2 rings (SSSR count). The number of fused-ring (bicyclic) bond motifs is 1. The van der Waals surface area contributed by atoms with Crippen LogP contribution >= 0.6 is 0 Å². The molecule has 16 heavy (non-hydrogen) atoms. The van der Waals surface area contributed by atoms with Crippen LogP contribution in [0.5, 0.6) is 0 Å². The number of hydrogen-bond donors (Lipinski definition) is 1. The zero-order valence-electron chi connectivity index (χ0n) is 9.79. The first-order valence-corrected chi connectivity index (χ1v) is 5.60. The summed E-state index contributed by atoms with van der Waals surface area (Å²) in [5, 5.41) is 4.46. The van der Waals surface area contributed by atoms with E-state index in [2.05, 4.69) is 43.9 Å². The van der Waals surface area contributed by atoms with Crippen LogP contribution in [-0.4, -0.2) is 6.54 Å². The van der Waals surface area contributed by atoms with Crippen LogP contribution < -0.4 is 5.32 Å². The standard InChI is InChI=1S/C14H17NO/c1-4-12(15-5-2)14-9-11-8-10(3)6-7-13(11)16-14/h4,6-9,12,15H,1,5H2,2-3H3. The molecule has 1 heterocycles. The molecule has 0 amide bonds. The second kappa shape index (κ2) is 4.54. The molecule has 1 aromatic heterocycles. The zero-order valence-corrected chi connectivity index (χ0v) is 9.79. The van der Waals surface area contributed by atoms with Crippen LogP contribution in [0.1, 0.15) is 24.3 Å². The first-order valence-electron chi connectivity index (χ1n) is 5.60. The van der Waals surface area contributed by atoms with Gasteiger partial charge in [-0.05, 0) is 31.7 Å². The Labute approximate surface area is 96.0 Å². The average molecular weight is 215 g/mol. The maximum Gasteiger partial charge on any atom is 0.134 e. The summed E-state index contributed by atoms with van der Waals surface area (Å²) in [5.74, 6) is 0.928. The Kier molecular flexibility index (Phi) is 3.11. The first kappa shape index (κ1) is 11.0. The van der Waals surface area contributed by atoms with Crippen molar-refractivity contribution in [2.24, 2.45) is 0 Å². The number of nitrogens with one attached hydrogen (secondary N) is 1. The maximum absolute atomic E-state index is 5.79. The molecule has 0 aliphatic rings. The normalized spacial score (nSPS) is 12.9. The van der Waals surface area contributed by atoms with Gasteiger partial charge in [0, 0.05) is 5.39 Å². The van der Waals surface area contributed by atoms with E-state index in [1.807, 2.05) is 12.1 Å². The van der Waals surface area contributed by atoms with E-state index in [9.17, 15) is 0 Å². The van der Waals surface area contributed by atoms with E-state index >= 15 is 0 Å². The predicted octanol–water partition coefficient (Wildman–Crippen LogP) is 3.58. The van der Waals surface area contributed by atoms with Gasteiger partial charge in [-0.15, -0.1) is 6.58 Å². The Bertz CT molecular complexity index is 498. The summed E-state index contributed by atoms with van der Waals surface area (Å²) in [6.45, 7) is 8.87. The molecule has 2 heteroatoms. The monoisotopic (exact) mass is 215 g/mol. The summed E-state index contributed by atoms with van der Waals surface area (Å²) >= 11 is 0. The minimum atomic E-state index is 0.0951. The third-order valence-electron chi connectivity index (χ3n) is 2.66. The summed E-state index contributed by atoms with van der Waals surface area (Å²) < 4.78 is 5.79. The van der Waals surface area contributed by atoms with Gasteiger partial charge < -0.3 is 9.73 Å². The van der Waals surface area contributed by atoms with Crippen molar-refractivity contribution < 1.29 is 4.42 Å². The average Bonchev–Trinajstić information content (AvgIpc) is 2.68. The van der Waals surface area contributed by atoms with E-state index < -0.39 is 0 Å². The van der Waals surface area contributed by atoms with Crippen molar-refractivity contribution in [3.63, 3.8) is 0 Å². The van der Waals surface area contributed by atoms with Gasteiger partial charge in [0.05, 0.1) is 6.04 Å². The Morgan fingerprint density at radius 1 is 1.44 bits per heavy atom. The molecule has 2 aromatic rings. The van der Waals surface area contributed by atoms with E-state index in [4.69, 9.17) is 4.42 Å². The fourth-order valence-electron chi connectivity index (χ4n) is 1.86. The van der Waals surface area contributed by atoms with Crippen molar-refractivity contribution in [2.75, 3.05) is 6.54 Å². The van der Waals surface area contributed by atoms with Gasteiger partial charge in [0.2, 0.25) is 0 Å². The van der Waals surface area contributed by atoms with E-state index in [0.29, 0.717) is 0 Å². The summed E-state index contributed by atoms with van der Waals surface area (Å²) in [6, 6.07) is 8.38. The van der Waals surface area contributed by atoms with Crippen LogP contribution in [0.3, 0.4) is 0 Å². The molecule has 1 aromatic carbocycles. The van der Waals surface area contributed by atoms with Crippen molar-refractivity contribution in [1.29, 1.82) is 0 Å². The second-order valence-electron chi connectivity index (χ2n) is 3.96. The minimum Gasteiger partial charge on any atom is -0.459 e. The van der Waals surface area contributed by atoms with Crippen LogP contribution in [-0.2, 0) is 0 Å². The lowest BCUT2D eigenvalue weighted by Gasteiger charge is -2.09. The third-order valence-corrected chi connectivity index (χ3v) is 2.66. The molecule has 0 saturated carbocycles. The second-order valence-corrected chi connectivity index (χ2v) is 3.96. The minimum absolute atomic E-state index is 0.0951. The van der Waals surface area contributed by atoms with Gasteiger partial charge in [-0.2, -0.15) is 0 Å². The quantitative estimate of drug-likeness (QED) is 0.789. The van der Waals surface area contributed by atoms with Crippen LogP contribution in [0.4, 0.5) is 0 Å². The van der Waals surface area contributed by atoms with Gasteiger partial charge in [0.1, 0.15) is 11.3 Å². The number of furan rings is 1. The molecule has 0 bridgehead atoms. The molecule has 0 aliphatic heterocycles. The van der Waals surface area contributed by atoms with Crippen LogP contribution in [0.2, 0.25) is 0 Å². The lowest BCUT2D eigenvalue weighted by Crippen LogP contribution is -2.17. The molecule has 0 spiro atoms. The number of likely N-dealkylation sites (N-methyl/N-ethyl adjacent to an activating group) is 1. The molecule has 0 radical (unpaired) electrons. The van der Waals surface area contributed by atoms with E-state index in [1.54, 1.807) is 0 Å². The highest BCUT2D eigenvalue weighted by Crippen LogP contribution is 2.25. The molecule has 2 nitrogen and oxygen atoms in total. The Morgan fingerprint density at radius 3 is 2.94 bits per heavy atom. The van der Waals surface area contributed by atoms with Crippen molar-refractivity contribution in [3.05, 3.63) is 48.2 Å². The smallest absolute Gasteiger partial charge is 0.134 e. The lowest BCUT2D eigenvalue weighted by molar-refractivity contribution is 0.485. The highest BCUT2D eigenvalue weighted by Gasteiger charge is 2.11. The predicted molar refractivity (Wildman–Crippen MR) is 67.6 cm³/mol. The van der Waals surface area contributed by atoms with Gasteiger partial charge in [-0.25, -0.2) is 0 Å². The van der Waals surface area contributed by atoms with E-state index in [0.717, 1.165) is 23.3 Å². The molecule has 1 atom stereocenters. The summed E-state index contributed by atoms with van der Waals surface area (Å²) in [7, 11) is 0. The van der Waals surface area contributed by atoms with Crippen molar-refractivity contribution in [1.82, 2.24) is 5.32 Å². The Hall–Kier alpha value is -1.54. The number of hydrogen-bond acceptors (Lipinski definition) is 2. The van der Waals surface area contributed by atoms with Crippen molar-refractivity contribution in [3.8, 4) is 0 Å². The van der Waals surface area contributed by atoms with Gasteiger partial charge in [-0.1, -0.05) is 24.6 Å². The molecule has 0 fully saturated rings. The first-order chi connectivity index (χ1) is 7.74. The lowest BCUT2D eigenvalue weighted by atomic mass is 10.1. The largest absolute Gasteiger partial charge is 0.459 e. The molecular formula is C14H17NO. The summed E-state index contributed by atoms with van der Waals surface area (Å²) in [6.07, 6.45) is 1.87. The number of aryl methyl sites for hydroxylation is 1. The topological polar surface area (TPSA) is 25.2 Å². The van der Waals surface area contributed by atoms with Gasteiger partial charge >= 0.3 is 0 Å². The molecule has 1 N–H and O–H groups in total. The molecular weight excluding hydrogens is 198 g/mol. The fraction of sp³-hybridized carbons (Fsp3) is 0.286. The van der Waals surface area contributed by atoms with Crippen LogP contribution in [0.15, 0.2) is 41.3 Å². The number of rotatable bonds is 4. The molecule has 1 unspecified atom stereocenters. The molecule has 84 valence electrons. The van der Waals surface area contributed by atoms with Gasteiger partial charge in [0.15, 0.2) is 0 Å². The van der Waals surface area contributed by atoms with E-state index in [1.165, 1.54) is 5.56 Å². The summed E-state index contributed by atoms with van der Waals surface area (Å²) in [4.78, 5) is 0. The van der Waals surface area contributed by atoms with Crippen molar-refractivity contribution >= 4 is 11.0 Å². The molecule has 0 aliphatic carbocycles. The van der Waals surface area contributed by atoms with Crippen LogP contribution in [0, 0.1) is 6.92 Å². The maximum atomic E-state index is 5.79. The highest BCUT2D eigenvalue weighted by atomic mass is 16.3. The van der Waals surface area contributed by atoms with Gasteiger partial charge in [0.25, 0.3) is 0 Å².